The van der Waals surface area contributed by atoms with Gasteiger partial charge in [0, 0.05) is 30.4 Å². The smallest absolute Gasteiger partial charge is 0.238 e. The van der Waals surface area contributed by atoms with Crippen LogP contribution in [0.1, 0.15) is 5.56 Å². The number of halogens is 1. The van der Waals surface area contributed by atoms with Gasteiger partial charge in [0.2, 0.25) is 5.91 Å². The summed E-state index contributed by atoms with van der Waals surface area (Å²) in [5.74, 6) is 0.580. The third-order valence-corrected chi connectivity index (χ3v) is 3.46. The number of carbonyl (C=O) groups excluding carboxylic acids is 1. The van der Waals surface area contributed by atoms with Gasteiger partial charge >= 0.3 is 0 Å². The topological polar surface area (TPSA) is 59.6 Å². The molecule has 0 aromatic heterocycles. The molecule has 24 heavy (non-hydrogen) atoms. The summed E-state index contributed by atoms with van der Waals surface area (Å²) in [6, 6.07) is 14.8. The molecule has 2 aromatic carbocycles. The summed E-state index contributed by atoms with van der Waals surface area (Å²) in [6.07, 6.45) is 0. The molecule has 5 nitrogen and oxygen atoms in total. The van der Waals surface area contributed by atoms with Gasteiger partial charge in [-0.25, -0.2) is 0 Å². The van der Waals surface area contributed by atoms with Gasteiger partial charge in [0.25, 0.3) is 0 Å². The van der Waals surface area contributed by atoms with Crippen LogP contribution in [0.25, 0.3) is 0 Å². The maximum Gasteiger partial charge on any atom is 0.238 e. The van der Waals surface area contributed by atoms with E-state index < -0.39 is 0 Å². The molecule has 0 aliphatic rings. The highest BCUT2D eigenvalue weighted by molar-refractivity contribution is 6.30. The summed E-state index contributed by atoms with van der Waals surface area (Å²) in [5, 5.41) is 6.52. The Morgan fingerprint density at radius 3 is 2.71 bits per heavy atom. The van der Waals surface area contributed by atoms with Crippen LogP contribution in [-0.2, 0) is 16.1 Å². The Morgan fingerprint density at radius 2 is 1.96 bits per heavy atom. The van der Waals surface area contributed by atoms with Crippen LogP contribution in [0, 0.1) is 0 Å². The highest BCUT2D eigenvalue weighted by atomic mass is 35.5. The number of nitrogens with one attached hydrogen (secondary N) is 2. The van der Waals surface area contributed by atoms with E-state index in [1.54, 1.807) is 13.2 Å². The SMILES string of the molecule is COCCNCC(=O)Nc1cccc(OCc2ccc(Cl)cc2)c1. The zero-order valence-corrected chi connectivity index (χ0v) is 14.3. The normalized spacial score (nSPS) is 10.4. The number of benzene rings is 2. The first-order valence-electron chi connectivity index (χ1n) is 7.64. The Kier molecular flexibility index (Phi) is 7.55. The number of amides is 1. The quantitative estimate of drug-likeness (QED) is 0.684. The Labute approximate surface area is 146 Å². The Morgan fingerprint density at radius 1 is 1.17 bits per heavy atom. The first-order valence-corrected chi connectivity index (χ1v) is 8.02. The fourth-order valence-corrected chi connectivity index (χ4v) is 2.12. The van der Waals surface area contributed by atoms with E-state index in [9.17, 15) is 4.79 Å². The molecule has 128 valence electrons. The van der Waals surface area contributed by atoms with Crippen molar-refractivity contribution < 1.29 is 14.3 Å². The van der Waals surface area contributed by atoms with E-state index >= 15 is 0 Å². The van der Waals surface area contributed by atoms with Crippen LogP contribution in [-0.4, -0.2) is 32.7 Å². The minimum atomic E-state index is -0.110. The standard InChI is InChI=1S/C18H21ClN2O3/c1-23-10-9-20-12-18(22)21-16-3-2-4-17(11-16)24-13-14-5-7-15(19)8-6-14/h2-8,11,20H,9-10,12-13H2,1H3,(H,21,22). The van der Waals surface area contributed by atoms with Crippen molar-refractivity contribution in [3.05, 3.63) is 59.1 Å². The molecule has 0 aliphatic heterocycles. The second-order valence-corrected chi connectivity index (χ2v) is 5.60. The molecule has 2 N–H and O–H groups in total. The number of carbonyl (C=O) groups is 1. The van der Waals surface area contributed by atoms with Gasteiger partial charge in [-0.15, -0.1) is 0 Å². The van der Waals surface area contributed by atoms with Crippen molar-refractivity contribution in [2.24, 2.45) is 0 Å². The van der Waals surface area contributed by atoms with E-state index in [1.165, 1.54) is 0 Å². The average molecular weight is 349 g/mol. The van der Waals surface area contributed by atoms with E-state index in [4.69, 9.17) is 21.1 Å². The highest BCUT2D eigenvalue weighted by Crippen LogP contribution is 2.19. The molecular weight excluding hydrogens is 328 g/mol. The summed E-state index contributed by atoms with van der Waals surface area (Å²) in [7, 11) is 1.62. The number of hydrogen-bond acceptors (Lipinski definition) is 4. The maximum atomic E-state index is 11.8. The summed E-state index contributed by atoms with van der Waals surface area (Å²) in [4.78, 5) is 11.8. The van der Waals surface area contributed by atoms with Crippen LogP contribution >= 0.6 is 11.6 Å². The largest absolute Gasteiger partial charge is 0.489 e. The molecule has 1 amide bonds. The lowest BCUT2D eigenvalue weighted by atomic mass is 10.2. The fourth-order valence-electron chi connectivity index (χ4n) is 1.99. The summed E-state index contributed by atoms with van der Waals surface area (Å²) < 4.78 is 10.7. The third kappa shape index (κ3) is 6.58. The van der Waals surface area contributed by atoms with Gasteiger partial charge in [-0.2, -0.15) is 0 Å². The van der Waals surface area contributed by atoms with Crippen LogP contribution in [0.3, 0.4) is 0 Å². The number of ether oxygens (including phenoxy) is 2. The monoisotopic (exact) mass is 348 g/mol. The number of methoxy groups -OCH3 is 1. The second-order valence-electron chi connectivity index (χ2n) is 5.16. The third-order valence-electron chi connectivity index (χ3n) is 3.21. The minimum Gasteiger partial charge on any atom is -0.489 e. The zero-order valence-electron chi connectivity index (χ0n) is 13.5. The second kappa shape index (κ2) is 9.93. The van der Waals surface area contributed by atoms with Crippen LogP contribution < -0.4 is 15.4 Å². The fraction of sp³-hybridized carbons (Fsp3) is 0.278. The first kappa shape index (κ1) is 18.3. The van der Waals surface area contributed by atoms with Crippen molar-refractivity contribution in [2.45, 2.75) is 6.61 Å². The van der Waals surface area contributed by atoms with Gasteiger partial charge < -0.3 is 20.1 Å². The summed E-state index contributed by atoms with van der Waals surface area (Å²) in [6.45, 7) is 1.88. The average Bonchev–Trinajstić information content (AvgIpc) is 2.59. The van der Waals surface area contributed by atoms with Gasteiger partial charge in [-0.05, 0) is 29.8 Å². The van der Waals surface area contributed by atoms with Crippen molar-refractivity contribution in [3.63, 3.8) is 0 Å². The zero-order chi connectivity index (χ0) is 17.2. The van der Waals surface area contributed by atoms with Crippen LogP contribution in [0.5, 0.6) is 5.75 Å². The van der Waals surface area contributed by atoms with Gasteiger partial charge in [-0.1, -0.05) is 29.8 Å². The molecule has 2 rings (SSSR count). The van der Waals surface area contributed by atoms with Crippen molar-refractivity contribution in [1.29, 1.82) is 0 Å². The molecule has 0 aliphatic carbocycles. The number of hydrogen-bond donors (Lipinski definition) is 2. The van der Waals surface area contributed by atoms with E-state index in [1.807, 2.05) is 42.5 Å². The van der Waals surface area contributed by atoms with E-state index in [0.717, 1.165) is 5.56 Å². The predicted octanol–water partition coefficient (Wildman–Crippen LogP) is 3.09. The molecule has 0 bridgehead atoms. The summed E-state index contributed by atoms with van der Waals surface area (Å²) >= 11 is 5.86. The first-order chi connectivity index (χ1) is 11.7. The molecule has 6 heteroatoms. The molecule has 0 spiro atoms. The lowest BCUT2D eigenvalue weighted by molar-refractivity contribution is -0.115. The maximum absolute atomic E-state index is 11.8. The molecule has 0 unspecified atom stereocenters. The van der Waals surface area contributed by atoms with Gasteiger partial charge in [0.1, 0.15) is 12.4 Å². The van der Waals surface area contributed by atoms with E-state index in [2.05, 4.69) is 10.6 Å². The molecule has 0 fully saturated rings. The molecular formula is C18H21ClN2O3. The van der Waals surface area contributed by atoms with E-state index in [-0.39, 0.29) is 12.5 Å². The van der Waals surface area contributed by atoms with Crippen molar-refractivity contribution in [1.82, 2.24) is 5.32 Å². The lowest BCUT2D eigenvalue weighted by Gasteiger charge is -2.10. The summed E-state index contributed by atoms with van der Waals surface area (Å²) in [5.41, 5.74) is 1.72. The molecule has 0 heterocycles. The Balaban J connectivity index is 1.82. The molecule has 0 atom stereocenters. The van der Waals surface area contributed by atoms with Crippen LogP contribution in [0.15, 0.2) is 48.5 Å². The van der Waals surface area contributed by atoms with Crippen LogP contribution in [0.4, 0.5) is 5.69 Å². The Bertz CT molecular complexity index is 647. The Hall–Kier alpha value is -2.08. The highest BCUT2D eigenvalue weighted by Gasteiger charge is 2.03. The minimum absolute atomic E-state index is 0.110. The number of rotatable bonds is 9. The molecule has 2 aromatic rings. The molecule has 0 saturated carbocycles. The van der Waals surface area contributed by atoms with Crippen molar-refractivity contribution >= 4 is 23.2 Å². The van der Waals surface area contributed by atoms with Crippen LogP contribution in [0.2, 0.25) is 5.02 Å². The van der Waals surface area contributed by atoms with E-state index in [0.29, 0.717) is 36.2 Å². The number of anilines is 1. The van der Waals surface area contributed by atoms with Gasteiger partial charge in [0.15, 0.2) is 0 Å². The van der Waals surface area contributed by atoms with Crippen molar-refractivity contribution in [2.75, 3.05) is 32.1 Å². The predicted molar refractivity (Wildman–Crippen MR) is 95.6 cm³/mol. The van der Waals surface area contributed by atoms with Crippen molar-refractivity contribution in [3.8, 4) is 5.75 Å². The molecule has 0 saturated heterocycles. The molecule has 0 radical (unpaired) electrons. The van der Waals surface area contributed by atoms with Gasteiger partial charge in [-0.3, -0.25) is 4.79 Å². The van der Waals surface area contributed by atoms with Gasteiger partial charge in [0.05, 0.1) is 13.2 Å². The lowest BCUT2D eigenvalue weighted by Crippen LogP contribution is -2.30.